The number of nitrogens with zero attached hydrogens (tertiary/aromatic N) is 2. The molecule has 2 heterocycles. The zero-order valence-corrected chi connectivity index (χ0v) is 24.1. The van der Waals surface area contributed by atoms with Crippen LogP contribution in [-0.2, 0) is 36.5 Å². The van der Waals surface area contributed by atoms with Gasteiger partial charge in [-0.3, -0.25) is 9.44 Å². The molecule has 2 aromatic heterocycles. The quantitative estimate of drug-likeness (QED) is 0.227. The van der Waals surface area contributed by atoms with E-state index in [0.29, 0.717) is 0 Å². The molecule has 0 aliphatic rings. The largest absolute Gasteiger partial charge is 0.699 e. The first-order valence-electron chi connectivity index (χ1n) is 9.91. The molecule has 0 saturated heterocycles. The Bertz CT molecular complexity index is 1340. The molecule has 15 heteroatoms. The van der Waals surface area contributed by atoms with Crippen LogP contribution in [0.25, 0.3) is 11.5 Å². The summed E-state index contributed by atoms with van der Waals surface area (Å²) < 4.78 is 52.3. The maximum atomic E-state index is 11.9. The molecule has 2 aromatic carbocycles. The number of pyridine rings is 2. The summed E-state index contributed by atoms with van der Waals surface area (Å²) in [6.45, 7) is 0. The molecule has 37 heavy (non-hydrogen) atoms. The minimum Gasteiger partial charge on any atom is -0.699 e. The van der Waals surface area contributed by atoms with Crippen molar-refractivity contribution >= 4 is 61.9 Å². The molecule has 4 rings (SSSR count). The third kappa shape index (κ3) is 10.6. The predicted molar refractivity (Wildman–Crippen MR) is 143 cm³/mol. The van der Waals surface area contributed by atoms with E-state index in [9.17, 15) is 16.8 Å². The Labute approximate surface area is 231 Å². The second-order valence-corrected chi connectivity index (χ2v) is 13.4. The van der Waals surface area contributed by atoms with Crippen molar-refractivity contribution in [2.45, 2.75) is 9.79 Å². The minimum atomic E-state index is -3.63. The molecular weight excluding hydrogens is 742 g/mol. The maximum absolute atomic E-state index is 11.9. The Kier molecular flexibility index (Phi) is 12.1. The smallest absolute Gasteiger partial charge is 0.263 e. The van der Waals surface area contributed by atoms with Gasteiger partial charge in [-0.2, -0.15) is 0 Å². The van der Waals surface area contributed by atoms with Gasteiger partial charge in [-0.1, -0.05) is 36.4 Å². The van der Waals surface area contributed by atoms with E-state index in [1.165, 1.54) is 60.9 Å². The second kappa shape index (κ2) is 14.7. The van der Waals surface area contributed by atoms with Crippen LogP contribution < -0.4 is 9.44 Å². The van der Waals surface area contributed by atoms with Crippen LogP contribution in [0, 0.1) is 0 Å². The average molecular weight is 763 g/mol. The van der Waals surface area contributed by atoms with Gasteiger partial charge in [0.05, 0.1) is 9.79 Å². The molecular formula is C22H20Cl2N6O4PtS2. The van der Waals surface area contributed by atoms with Crippen LogP contribution in [0.4, 0.5) is 23.0 Å². The van der Waals surface area contributed by atoms with Crippen LogP contribution >= 0.6 is 18.8 Å². The number of benzene rings is 2. The Morgan fingerprint density at radius 2 is 0.919 bits per heavy atom. The summed E-state index contributed by atoms with van der Waals surface area (Å²) in [4.78, 5) is 7.98. The Morgan fingerprint density at radius 3 is 1.19 bits per heavy atom. The standard InChI is InChI=1S/2C11H10N3O2S.2ClH.Pt/c2*12-9-4-6-10(7-5-9)17(15,16)14-11-3-1-2-8-13-11;;;/h2*1-8,12H,(H,13,14);2*1H;/q2*-1;;;+4/p-2. The van der Waals surface area contributed by atoms with E-state index < -0.39 is 36.5 Å². The number of nitrogens with one attached hydrogen (secondary N) is 4. The number of rotatable bonds is 6. The zero-order valence-electron chi connectivity index (χ0n) is 18.7. The van der Waals surface area contributed by atoms with Crippen LogP contribution in [-0.4, -0.2) is 26.8 Å². The molecule has 0 aliphatic carbocycles. The number of hydrogen-bond donors (Lipinski definition) is 2. The van der Waals surface area contributed by atoms with E-state index in [0.717, 1.165) is 0 Å². The summed E-state index contributed by atoms with van der Waals surface area (Å²) in [6, 6.07) is 21.1. The van der Waals surface area contributed by atoms with E-state index in [1.807, 2.05) is 0 Å². The van der Waals surface area contributed by atoms with Gasteiger partial charge in [-0.15, -0.1) is 11.4 Å². The Hall–Kier alpha value is -2.89. The number of anilines is 2. The molecule has 198 valence electrons. The van der Waals surface area contributed by atoms with Crippen molar-refractivity contribution in [2.75, 3.05) is 9.44 Å². The number of halogens is 2. The molecule has 0 bridgehead atoms. The first kappa shape index (κ1) is 30.3. The third-order valence-corrected chi connectivity index (χ3v) is 6.88. The Balaban J connectivity index is 0.000000235. The summed E-state index contributed by atoms with van der Waals surface area (Å²) in [7, 11) is 2.50. The first-order valence-corrected chi connectivity index (χ1v) is 18.5. The fourth-order valence-electron chi connectivity index (χ4n) is 2.51. The van der Waals surface area contributed by atoms with Gasteiger partial charge in [0.2, 0.25) is 0 Å². The third-order valence-electron chi connectivity index (χ3n) is 4.14. The number of aromatic nitrogens is 2. The van der Waals surface area contributed by atoms with Gasteiger partial charge in [0.25, 0.3) is 20.0 Å². The molecule has 4 aromatic rings. The molecule has 0 spiro atoms. The van der Waals surface area contributed by atoms with Crippen LogP contribution in [0.2, 0.25) is 0 Å². The molecule has 0 unspecified atom stereocenters. The monoisotopic (exact) mass is 761 g/mol. The minimum absolute atomic E-state index is 0.110. The molecule has 0 fully saturated rings. The first-order chi connectivity index (χ1) is 17.6. The maximum Gasteiger partial charge on any atom is 0.263 e. The van der Waals surface area contributed by atoms with E-state index in [1.54, 1.807) is 36.4 Å². The topological polar surface area (TPSA) is 166 Å². The van der Waals surface area contributed by atoms with Gasteiger partial charge in [-0.25, -0.2) is 26.8 Å². The number of sulfonamides is 2. The van der Waals surface area contributed by atoms with Crippen molar-refractivity contribution < 1.29 is 33.3 Å². The zero-order chi connectivity index (χ0) is 27.3. The summed E-state index contributed by atoms with van der Waals surface area (Å²) >= 11 is -0.472. The van der Waals surface area contributed by atoms with Crippen LogP contribution in [0.3, 0.4) is 0 Å². The SMILES string of the molecule is [Cl][Pt+2][Cl].[NH-]c1ccc(S(=O)(=O)Nc2ccccn2)cc1.[NH-]c1ccc(S(=O)(=O)Nc2ccccn2)cc1. The Morgan fingerprint density at radius 1 is 0.595 bits per heavy atom. The predicted octanol–water partition coefficient (Wildman–Crippen LogP) is 6.51. The van der Waals surface area contributed by atoms with Crippen molar-refractivity contribution in [3.8, 4) is 0 Å². The summed E-state index contributed by atoms with van der Waals surface area (Å²) in [5, 5.41) is 0. The van der Waals surface area contributed by atoms with Crippen molar-refractivity contribution in [1.82, 2.24) is 9.97 Å². The van der Waals surface area contributed by atoms with Gasteiger partial charge in [0.1, 0.15) is 11.6 Å². The fraction of sp³-hybridized carbons (Fsp3) is 0. The molecule has 10 nitrogen and oxygen atoms in total. The van der Waals surface area contributed by atoms with E-state index in [4.69, 9.17) is 30.3 Å². The van der Waals surface area contributed by atoms with Gasteiger partial charge in [0, 0.05) is 12.4 Å². The molecule has 0 saturated carbocycles. The fourth-order valence-corrected chi connectivity index (χ4v) is 4.52. The molecule has 4 N–H and O–H groups in total. The van der Waals surface area contributed by atoms with Gasteiger partial charge >= 0.3 is 35.3 Å². The van der Waals surface area contributed by atoms with Gasteiger partial charge < -0.3 is 11.5 Å². The summed E-state index contributed by atoms with van der Waals surface area (Å²) in [5.41, 5.74) is 15.1. The number of hydrogen-bond acceptors (Lipinski definition) is 6. The molecule has 0 radical (unpaired) electrons. The summed E-state index contributed by atoms with van der Waals surface area (Å²) in [6.07, 6.45) is 3.01. The van der Waals surface area contributed by atoms with Crippen molar-refractivity contribution in [2.24, 2.45) is 0 Å². The van der Waals surface area contributed by atoms with E-state index in [-0.39, 0.29) is 32.8 Å². The van der Waals surface area contributed by atoms with E-state index >= 15 is 0 Å². The molecule has 0 atom stereocenters. The summed E-state index contributed by atoms with van der Waals surface area (Å²) in [5.74, 6) is 0.532. The van der Waals surface area contributed by atoms with Crippen LogP contribution in [0.5, 0.6) is 0 Å². The van der Waals surface area contributed by atoms with E-state index in [2.05, 4.69) is 19.4 Å². The van der Waals surface area contributed by atoms with Gasteiger partial charge in [0.15, 0.2) is 0 Å². The average Bonchev–Trinajstić information content (AvgIpc) is 2.86. The van der Waals surface area contributed by atoms with Crippen LogP contribution in [0.1, 0.15) is 0 Å². The molecule has 0 aliphatic heterocycles. The van der Waals surface area contributed by atoms with Crippen LogP contribution in [0.15, 0.2) is 107 Å². The normalized spacial score (nSPS) is 10.8. The second-order valence-electron chi connectivity index (χ2n) is 6.73. The van der Waals surface area contributed by atoms with Gasteiger partial charge in [-0.05, 0) is 48.5 Å². The van der Waals surface area contributed by atoms with Crippen molar-refractivity contribution in [1.29, 1.82) is 0 Å². The van der Waals surface area contributed by atoms with Crippen molar-refractivity contribution in [3.63, 3.8) is 0 Å². The molecule has 0 amide bonds. The van der Waals surface area contributed by atoms with Crippen molar-refractivity contribution in [3.05, 3.63) is 109 Å².